The largest absolute Gasteiger partial charge is 0.328 e. The van der Waals surface area contributed by atoms with Crippen molar-refractivity contribution in [1.82, 2.24) is 4.90 Å². The Bertz CT molecular complexity index is 378. The summed E-state index contributed by atoms with van der Waals surface area (Å²) < 4.78 is 0. The highest BCUT2D eigenvalue weighted by atomic mass is 16.2. The Morgan fingerprint density at radius 2 is 2.07 bits per heavy atom. The molecule has 1 aromatic carbocycles. The van der Waals surface area contributed by atoms with Crippen molar-refractivity contribution in [2.24, 2.45) is 0 Å². The Balaban J connectivity index is 2.66. The molecule has 0 saturated carbocycles. The zero-order valence-corrected chi connectivity index (χ0v) is 8.82. The maximum atomic E-state index is 11.4. The number of carbonyl (C=O) groups is 1. The predicted octanol–water partition coefficient (Wildman–Crippen LogP) is 2.04. The summed E-state index contributed by atoms with van der Waals surface area (Å²) in [7, 11) is 1.72. The number of hydrogen-bond donors (Lipinski definition) is 1. The van der Waals surface area contributed by atoms with E-state index >= 15 is 0 Å². The third kappa shape index (κ3) is 2.99. The summed E-state index contributed by atoms with van der Waals surface area (Å²) in [6.45, 7) is 2.56. The normalized spacial score (nSPS) is 9.13. The van der Waals surface area contributed by atoms with Crippen LogP contribution in [0.5, 0.6) is 0 Å². The van der Waals surface area contributed by atoms with Crippen molar-refractivity contribution in [2.75, 3.05) is 18.9 Å². The minimum absolute atomic E-state index is 0.151. The molecule has 0 aliphatic rings. The molecule has 1 N–H and O–H groups in total. The van der Waals surface area contributed by atoms with E-state index in [2.05, 4.69) is 5.32 Å². The van der Waals surface area contributed by atoms with E-state index in [1.54, 1.807) is 36.2 Å². The SMILES string of the molecule is CCN(C)C(=O)Nc1ccc(C#N)cc1. The molecule has 0 fully saturated rings. The molecule has 4 heteroatoms. The van der Waals surface area contributed by atoms with Gasteiger partial charge in [0.25, 0.3) is 0 Å². The molecule has 2 amide bonds. The minimum atomic E-state index is -0.151. The lowest BCUT2D eigenvalue weighted by molar-refractivity contribution is 0.224. The second-order valence-corrected chi connectivity index (χ2v) is 3.13. The summed E-state index contributed by atoms with van der Waals surface area (Å²) >= 11 is 0. The molecule has 1 aromatic rings. The highest BCUT2D eigenvalue weighted by molar-refractivity contribution is 5.89. The van der Waals surface area contributed by atoms with Gasteiger partial charge in [-0.25, -0.2) is 4.79 Å². The first kappa shape index (κ1) is 11.1. The monoisotopic (exact) mass is 203 g/mol. The second kappa shape index (κ2) is 5.01. The molecule has 4 nitrogen and oxygen atoms in total. The van der Waals surface area contributed by atoms with Crippen molar-refractivity contribution in [2.45, 2.75) is 6.92 Å². The highest BCUT2D eigenvalue weighted by Gasteiger charge is 2.05. The number of urea groups is 1. The van der Waals surface area contributed by atoms with E-state index in [4.69, 9.17) is 5.26 Å². The van der Waals surface area contributed by atoms with E-state index in [1.807, 2.05) is 13.0 Å². The third-order valence-corrected chi connectivity index (χ3v) is 2.09. The number of anilines is 1. The molecule has 0 spiro atoms. The van der Waals surface area contributed by atoms with Crippen LogP contribution in [0.25, 0.3) is 0 Å². The number of nitrogens with zero attached hydrogens (tertiary/aromatic N) is 2. The molecule has 0 aliphatic carbocycles. The van der Waals surface area contributed by atoms with E-state index in [-0.39, 0.29) is 6.03 Å². The number of carbonyl (C=O) groups excluding carboxylic acids is 1. The standard InChI is InChI=1S/C11H13N3O/c1-3-14(2)11(15)13-10-6-4-9(8-12)5-7-10/h4-7H,3H2,1-2H3,(H,13,15). The first-order valence-electron chi connectivity index (χ1n) is 4.69. The van der Waals surface area contributed by atoms with Crippen LogP contribution in [0.4, 0.5) is 10.5 Å². The van der Waals surface area contributed by atoms with Crippen LogP contribution in [0.2, 0.25) is 0 Å². The number of rotatable bonds is 2. The molecule has 0 aromatic heterocycles. The molecule has 15 heavy (non-hydrogen) atoms. The van der Waals surface area contributed by atoms with Crippen LogP contribution < -0.4 is 5.32 Å². The maximum absolute atomic E-state index is 11.4. The topological polar surface area (TPSA) is 56.1 Å². The van der Waals surface area contributed by atoms with E-state index < -0.39 is 0 Å². The van der Waals surface area contributed by atoms with Crippen LogP contribution in [0.3, 0.4) is 0 Å². The number of nitriles is 1. The minimum Gasteiger partial charge on any atom is -0.328 e. The van der Waals surface area contributed by atoms with Crippen LogP contribution in [-0.4, -0.2) is 24.5 Å². The molecular formula is C11H13N3O. The summed E-state index contributed by atoms with van der Waals surface area (Å²) in [5, 5.41) is 11.3. The molecule has 0 aliphatic heterocycles. The summed E-state index contributed by atoms with van der Waals surface area (Å²) in [4.78, 5) is 13.0. The second-order valence-electron chi connectivity index (χ2n) is 3.13. The van der Waals surface area contributed by atoms with Gasteiger partial charge in [0.15, 0.2) is 0 Å². The van der Waals surface area contributed by atoms with Gasteiger partial charge in [-0.3, -0.25) is 0 Å². The van der Waals surface area contributed by atoms with Gasteiger partial charge in [-0.15, -0.1) is 0 Å². The Morgan fingerprint density at radius 3 is 2.53 bits per heavy atom. The van der Waals surface area contributed by atoms with Crippen molar-refractivity contribution in [3.05, 3.63) is 29.8 Å². The average molecular weight is 203 g/mol. The van der Waals surface area contributed by atoms with Gasteiger partial charge in [0.05, 0.1) is 11.6 Å². The van der Waals surface area contributed by atoms with Gasteiger partial charge < -0.3 is 10.2 Å². The molecule has 78 valence electrons. The number of amides is 2. The zero-order chi connectivity index (χ0) is 11.3. The Labute approximate surface area is 89.1 Å². The number of nitrogens with one attached hydrogen (secondary N) is 1. The quantitative estimate of drug-likeness (QED) is 0.799. The lowest BCUT2D eigenvalue weighted by Gasteiger charge is -2.15. The molecule has 0 saturated heterocycles. The lowest BCUT2D eigenvalue weighted by Crippen LogP contribution is -2.30. The van der Waals surface area contributed by atoms with Crippen LogP contribution >= 0.6 is 0 Å². The summed E-state index contributed by atoms with van der Waals surface area (Å²) in [6, 6.07) is 8.62. The van der Waals surface area contributed by atoms with Crippen molar-refractivity contribution in [1.29, 1.82) is 5.26 Å². The van der Waals surface area contributed by atoms with Gasteiger partial charge in [0.2, 0.25) is 0 Å². The smallest absolute Gasteiger partial charge is 0.321 e. The Morgan fingerprint density at radius 1 is 1.47 bits per heavy atom. The number of hydrogen-bond acceptors (Lipinski definition) is 2. The Kier molecular flexibility index (Phi) is 3.69. The van der Waals surface area contributed by atoms with Crippen molar-refractivity contribution in [3.8, 4) is 6.07 Å². The van der Waals surface area contributed by atoms with Crippen LogP contribution in [0, 0.1) is 11.3 Å². The Hall–Kier alpha value is -2.02. The number of benzene rings is 1. The van der Waals surface area contributed by atoms with Gasteiger partial charge in [-0.1, -0.05) is 0 Å². The van der Waals surface area contributed by atoms with Gasteiger partial charge in [0.1, 0.15) is 0 Å². The van der Waals surface area contributed by atoms with Crippen molar-refractivity contribution >= 4 is 11.7 Å². The molecule has 0 bridgehead atoms. The van der Waals surface area contributed by atoms with Crippen LogP contribution in [0.1, 0.15) is 12.5 Å². The highest BCUT2D eigenvalue weighted by Crippen LogP contribution is 2.09. The fourth-order valence-corrected chi connectivity index (χ4v) is 0.991. The fourth-order valence-electron chi connectivity index (χ4n) is 0.991. The van der Waals surface area contributed by atoms with Gasteiger partial charge in [-0.2, -0.15) is 5.26 Å². The molecule has 1 rings (SSSR count). The van der Waals surface area contributed by atoms with E-state index in [0.29, 0.717) is 17.8 Å². The summed E-state index contributed by atoms with van der Waals surface area (Å²) in [6.07, 6.45) is 0. The van der Waals surface area contributed by atoms with E-state index in [1.165, 1.54) is 0 Å². The average Bonchev–Trinajstić information content (AvgIpc) is 2.29. The lowest BCUT2D eigenvalue weighted by atomic mass is 10.2. The van der Waals surface area contributed by atoms with E-state index in [0.717, 1.165) is 0 Å². The zero-order valence-electron chi connectivity index (χ0n) is 8.82. The first-order chi connectivity index (χ1) is 7.17. The molecule has 0 radical (unpaired) electrons. The van der Waals surface area contributed by atoms with Gasteiger partial charge >= 0.3 is 6.03 Å². The molecular weight excluding hydrogens is 190 g/mol. The fraction of sp³-hybridized carbons (Fsp3) is 0.273. The molecule has 0 atom stereocenters. The molecule has 0 unspecified atom stereocenters. The van der Waals surface area contributed by atoms with E-state index in [9.17, 15) is 4.79 Å². The van der Waals surface area contributed by atoms with Crippen molar-refractivity contribution in [3.63, 3.8) is 0 Å². The van der Waals surface area contributed by atoms with Gasteiger partial charge in [-0.05, 0) is 31.2 Å². The van der Waals surface area contributed by atoms with Crippen molar-refractivity contribution < 1.29 is 4.79 Å². The van der Waals surface area contributed by atoms with Crippen LogP contribution in [0.15, 0.2) is 24.3 Å². The van der Waals surface area contributed by atoms with Crippen LogP contribution in [-0.2, 0) is 0 Å². The maximum Gasteiger partial charge on any atom is 0.321 e. The summed E-state index contributed by atoms with van der Waals surface area (Å²) in [5.74, 6) is 0. The molecule has 0 heterocycles. The summed E-state index contributed by atoms with van der Waals surface area (Å²) in [5.41, 5.74) is 1.27. The van der Waals surface area contributed by atoms with Gasteiger partial charge in [0, 0.05) is 19.3 Å². The predicted molar refractivity (Wildman–Crippen MR) is 58.5 cm³/mol. The third-order valence-electron chi connectivity index (χ3n) is 2.09. The first-order valence-corrected chi connectivity index (χ1v) is 4.69.